The van der Waals surface area contributed by atoms with Crippen molar-refractivity contribution in [3.8, 4) is 5.75 Å². The van der Waals surface area contributed by atoms with Crippen LogP contribution in [0.5, 0.6) is 5.75 Å². The number of hydrogen-bond acceptors (Lipinski definition) is 4. The summed E-state index contributed by atoms with van der Waals surface area (Å²) >= 11 is 0. The van der Waals surface area contributed by atoms with E-state index in [4.69, 9.17) is 4.74 Å². The number of rotatable bonds is 5. The molecular formula is C17H16N4O3. The van der Waals surface area contributed by atoms with Gasteiger partial charge in [0.05, 0.1) is 19.2 Å². The zero-order valence-corrected chi connectivity index (χ0v) is 13.0. The lowest BCUT2D eigenvalue weighted by Gasteiger charge is -2.07. The van der Waals surface area contributed by atoms with E-state index in [-0.39, 0.29) is 18.1 Å². The second kappa shape index (κ2) is 6.82. The molecule has 0 aliphatic heterocycles. The van der Waals surface area contributed by atoms with E-state index in [2.05, 4.69) is 15.7 Å². The minimum Gasteiger partial charge on any atom is -0.497 e. The van der Waals surface area contributed by atoms with Crippen molar-refractivity contribution in [1.29, 1.82) is 0 Å². The van der Waals surface area contributed by atoms with Gasteiger partial charge in [0.2, 0.25) is 5.91 Å². The number of ether oxygens (including phenoxy) is 1. The molecule has 122 valence electrons. The van der Waals surface area contributed by atoms with Crippen molar-refractivity contribution < 1.29 is 14.3 Å². The molecule has 2 aromatic heterocycles. The van der Waals surface area contributed by atoms with Gasteiger partial charge in [0.15, 0.2) is 5.69 Å². The number of aromatic nitrogens is 2. The molecule has 24 heavy (non-hydrogen) atoms. The number of hydrogen-bond donors (Lipinski definition) is 2. The number of methoxy groups -OCH3 is 1. The number of nitrogens with one attached hydrogen (secondary N) is 2. The van der Waals surface area contributed by atoms with E-state index in [0.29, 0.717) is 11.4 Å². The lowest BCUT2D eigenvalue weighted by Crippen LogP contribution is -2.33. The summed E-state index contributed by atoms with van der Waals surface area (Å²) < 4.78 is 6.69. The molecule has 0 fully saturated rings. The van der Waals surface area contributed by atoms with Crippen LogP contribution in [0.25, 0.3) is 5.52 Å². The molecule has 0 unspecified atom stereocenters. The zero-order valence-electron chi connectivity index (χ0n) is 13.0. The Balaban J connectivity index is 1.58. The van der Waals surface area contributed by atoms with E-state index in [1.165, 1.54) is 0 Å². The van der Waals surface area contributed by atoms with Gasteiger partial charge >= 0.3 is 0 Å². The summed E-state index contributed by atoms with van der Waals surface area (Å²) in [7, 11) is 1.55. The maximum atomic E-state index is 12.1. The molecule has 0 radical (unpaired) electrons. The average molecular weight is 324 g/mol. The van der Waals surface area contributed by atoms with Crippen LogP contribution in [0.1, 0.15) is 10.5 Å². The van der Waals surface area contributed by atoms with Crippen molar-refractivity contribution >= 4 is 23.0 Å². The van der Waals surface area contributed by atoms with Crippen molar-refractivity contribution in [3.63, 3.8) is 0 Å². The van der Waals surface area contributed by atoms with Gasteiger partial charge in [-0.2, -0.15) is 5.10 Å². The van der Waals surface area contributed by atoms with Gasteiger partial charge in [0.1, 0.15) is 5.75 Å². The lowest BCUT2D eigenvalue weighted by atomic mass is 10.3. The SMILES string of the molecule is COc1cccc(NC(=O)CNC(=O)c2cc3ccccn3n2)c1. The van der Waals surface area contributed by atoms with Gasteiger partial charge in [-0.3, -0.25) is 9.59 Å². The minimum absolute atomic E-state index is 0.149. The third-order valence-corrected chi connectivity index (χ3v) is 3.37. The molecule has 0 saturated heterocycles. The number of benzene rings is 1. The van der Waals surface area contributed by atoms with Crippen molar-refractivity contribution in [2.75, 3.05) is 19.0 Å². The number of nitrogens with zero attached hydrogens (tertiary/aromatic N) is 2. The van der Waals surface area contributed by atoms with Crippen LogP contribution in [-0.4, -0.2) is 35.1 Å². The number of carbonyl (C=O) groups excluding carboxylic acids is 2. The molecule has 1 aromatic carbocycles. The van der Waals surface area contributed by atoms with E-state index >= 15 is 0 Å². The quantitative estimate of drug-likeness (QED) is 0.748. The topological polar surface area (TPSA) is 84.7 Å². The maximum Gasteiger partial charge on any atom is 0.272 e. The molecule has 0 saturated carbocycles. The Morgan fingerprint density at radius 2 is 2.04 bits per heavy atom. The number of anilines is 1. The summed E-state index contributed by atoms with van der Waals surface area (Å²) in [6.07, 6.45) is 1.75. The lowest BCUT2D eigenvalue weighted by molar-refractivity contribution is -0.115. The zero-order chi connectivity index (χ0) is 16.9. The Hall–Kier alpha value is -3.35. The fourth-order valence-corrected chi connectivity index (χ4v) is 2.21. The minimum atomic E-state index is -0.403. The van der Waals surface area contributed by atoms with Gasteiger partial charge in [-0.15, -0.1) is 0 Å². The third kappa shape index (κ3) is 3.52. The van der Waals surface area contributed by atoms with Crippen LogP contribution in [0.4, 0.5) is 5.69 Å². The highest BCUT2D eigenvalue weighted by Crippen LogP contribution is 2.16. The molecule has 0 spiro atoms. The smallest absolute Gasteiger partial charge is 0.272 e. The first-order valence-electron chi connectivity index (χ1n) is 7.32. The van der Waals surface area contributed by atoms with E-state index < -0.39 is 5.91 Å². The van der Waals surface area contributed by atoms with Crippen LogP contribution in [0, 0.1) is 0 Å². The molecule has 3 rings (SSSR count). The molecule has 0 atom stereocenters. The maximum absolute atomic E-state index is 12.1. The Morgan fingerprint density at radius 3 is 2.83 bits per heavy atom. The summed E-state index contributed by atoms with van der Waals surface area (Å²) in [5.41, 5.74) is 1.67. The fraction of sp³-hybridized carbons (Fsp3) is 0.118. The van der Waals surface area contributed by atoms with Crippen LogP contribution in [0.15, 0.2) is 54.7 Å². The Bertz CT molecular complexity index is 855. The first-order chi connectivity index (χ1) is 11.7. The molecule has 2 heterocycles. The average Bonchev–Trinajstić information content (AvgIpc) is 3.04. The molecule has 0 bridgehead atoms. The van der Waals surface area contributed by atoms with Crippen molar-refractivity contribution in [2.24, 2.45) is 0 Å². The molecular weight excluding hydrogens is 308 g/mol. The van der Waals surface area contributed by atoms with Crippen LogP contribution in [0.2, 0.25) is 0 Å². The Morgan fingerprint density at radius 1 is 1.17 bits per heavy atom. The molecule has 3 aromatic rings. The Kier molecular flexibility index (Phi) is 4.42. The normalized spacial score (nSPS) is 10.4. The standard InChI is InChI=1S/C17H16N4O3/c1-24-14-7-4-5-12(9-14)19-16(22)11-18-17(23)15-10-13-6-2-3-8-21(13)20-15/h2-10H,11H2,1H3,(H,18,23)(H,19,22). The van der Waals surface area contributed by atoms with E-state index in [9.17, 15) is 9.59 Å². The monoisotopic (exact) mass is 324 g/mol. The second-order valence-corrected chi connectivity index (χ2v) is 5.06. The highest BCUT2D eigenvalue weighted by molar-refractivity contribution is 5.99. The largest absolute Gasteiger partial charge is 0.497 e. The predicted octanol–water partition coefficient (Wildman–Crippen LogP) is 1.71. The highest BCUT2D eigenvalue weighted by Gasteiger charge is 2.12. The summed E-state index contributed by atoms with van der Waals surface area (Å²) in [4.78, 5) is 24.0. The van der Waals surface area contributed by atoms with E-state index in [1.54, 1.807) is 48.2 Å². The summed E-state index contributed by atoms with van der Waals surface area (Å²) in [6, 6.07) is 14.2. The molecule has 2 N–H and O–H groups in total. The van der Waals surface area contributed by atoms with Crippen molar-refractivity contribution in [1.82, 2.24) is 14.9 Å². The van der Waals surface area contributed by atoms with Crippen LogP contribution in [-0.2, 0) is 4.79 Å². The fourth-order valence-electron chi connectivity index (χ4n) is 2.21. The van der Waals surface area contributed by atoms with Crippen LogP contribution in [0.3, 0.4) is 0 Å². The van der Waals surface area contributed by atoms with Gasteiger partial charge in [0.25, 0.3) is 5.91 Å². The van der Waals surface area contributed by atoms with Gasteiger partial charge < -0.3 is 15.4 Å². The van der Waals surface area contributed by atoms with Gasteiger partial charge in [-0.25, -0.2) is 4.52 Å². The molecule has 0 aliphatic carbocycles. The first-order valence-corrected chi connectivity index (χ1v) is 7.32. The molecule has 2 amide bonds. The number of pyridine rings is 1. The predicted molar refractivity (Wildman–Crippen MR) is 89.1 cm³/mol. The summed E-state index contributed by atoms with van der Waals surface area (Å²) in [5.74, 6) is -0.0959. The molecule has 0 aliphatic rings. The number of carbonyl (C=O) groups is 2. The van der Waals surface area contributed by atoms with Crippen molar-refractivity contribution in [3.05, 3.63) is 60.4 Å². The van der Waals surface area contributed by atoms with Crippen molar-refractivity contribution in [2.45, 2.75) is 0 Å². The summed E-state index contributed by atoms with van der Waals surface area (Å²) in [5, 5.41) is 9.39. The third-order valence-electron chi connectivity index (χ3n) is 3.37. The van der Waals surface area contributed by atoms with E-state index in [1.807, 2.05) is 18.2 Å². The number of fused-ring (bicyclic) bond motifs is 1. The number of amides is 2. The molecule has 7 heteroatoms. The molecule has 7 nitrogen and oxygen atoms in total. The van der Waals surface area contributed by atoms with Crippen LogP contribution >= 0.6 is 0 Å². The Labute approximate surface area is 138 Å². The second-order valence-electron chi connectivity index (χ2n) is 5.06. The van der Waals surface area contributed by atoms with Gasteiger partial charge in [0, 0.05) is 18.0 Å². The summed E-state index contributed by atoms with van der Waals surface area (Å²) in [6.45, 7) is -0.149. The van der Waals surface area contributed by atoms with E-state index in [0.717, 1.165) is 5.52 Å². The van der Waals surface area contributed by atoms with Gasteiger partial charge in [-0.05, 0) is 30.3 Å². The van der Waals surface area contributed by atoms with Crippen LogP contribution < -0.4 is 15.4 Å². The highest BCUT2D eigenvalue weighted by atomic mass is 16.5. The first kappa shape index (κ1) is 15.5. The van der Waals surface area contributed by atoms with Gasteiger partial charge in [-0.1, -0.05) is 12.1 Å².